The summed E-state index contributed by atoms with van der Waals surface area (Å²) in [7, 11) is 0. The van der Waals surface area contributed by atoms with Crippen molar-refractivity contribution < 1.29 is 4.79 Å². The van der Waals surface area contributed by atoms with E-state index in [1.807, 2.05) is 32.0 Å². The molecule has 2 N–H and O–H groups in total. The van der Waals surface area contributed by atoms with Crippen LogP contribution in [0, 0.1) is 13.8 Å². The Bertz CT molecular complexity index is 822. The van der Waals surface area contributed by atoms with Gasteiger partial charge in [-0.05, 0) is 25.0 Å². The number of carbonyl (C=O) groups is 1. The summed E-state index contributed by atoms with van der Waals surface area (Å²) in [5, 5.41) is 2.88. The minimum Gasteiger partial charge on any atom is -0.341 e. The molecule has 0 aliphatic carbocycles. The van der Waals surface area contributed by atoms with Gasteiger partial charge in [0.25, 0.3) is 5.91 Å². The number of hydrogen-bond acceptors (Lipinski definition) is 4. The monoisotopic (exact) mass is 301 g/mol. The van der Waals surface area contributed by atoms with Gasteiger partial charge in [-0.1, -0.05) is 29.8 Å². The van der Waals surface area contributed by atoms with E-state index >= 15 is 0 Å². The fraction of sp³-hybridized carbons (Fsp3) is 0.143. The standard InChI is InChI=1S/C14H12ClN5O/c1-7-4-3-5-8(2)9(7)13(21)20-14-18-11(15)10-12(19-14)17-6-16-10/h3-6H,1-2H3,(H2,16,17,18,19,20,21). The number of fused-ring (bicyclic) bond motifs is 1. The second kappa shape index (κ2) is 5.14. The van der Waals surface area contributed by atoms with Crippen molar-refractivity contribution in [1.29, 1.82) is 0 Å². The minimum atomic E-state index is -0.267. The Kier molecular flexibility index (Phi) is 3.31. The lowest BCUT2D eigenvalue weighted by molar-refractivity contribution is 0.102. The number of aryl methyl sites for hydroxylation is 2. The van der Waals surface area contributed by atoms with Gasteiger partial charge in [0.05, 0.1) is 6.33 Å². The summed E-state index contributed by atoms with van der Waals surface area (Å²) < 4.78 is 0. The largest absolute Gasteiger partial charge is 0.341 e. The summed E-state index contributed by atoms with van der Waals surface area (Å²) in [6.07, 6.45) is 1.47. The summed E-state index contributed by atoms with van der Waals surface area (Å²) in [5.41, 5.74) is 3.34. The van der Waals surface area contributed by atoms with Gasteiger partial charge in [-0.2, -0.15) is 9.97 Å². The van der Waals surface area contributed by atoms with E-state index in [2.05, 4.69) is 25.3 Å². The van der Waals surface area contributed by atoms with Crippen molar-refractivity contribution in [2.24, 2.45) is 0 Å². The minimum absolute atomic E-state index is 0.132. The number of aromatic nitrogens is 4. The number of H-pyrrole nitrogens is 1. The van der Waals surface area contributed by atoms with Gasteiger partial charge in [0.2, 0.25) is 5.95 Å². The molecule has 0 fully saturated rings. The zero-order valence-electron chi connectivity index (χ0n) is 11.4. The van der Waals surface area contributed by atoms with Gasteiger partial charge in [-0.25, -0.2) is 4.98 Å². The predicted molar refractivity (Wildman–Crippen MR) is 80.6 cm³/mol. The molecule has 3 aromatic rings. The molecule has 0 aliphatic rings. The third kappa shape index (κ3) is 2.45. The second-order valence-corrected chi connectivity index (χ2v) is 5.02. The Balaban J connectivity index is 1.96. The number of halogens is 1. The van der Waals surface area contributed by atoms with Crippen LogP contribution < -0.4 is 5.32 Å². The molecule has 0 saturated heterocycles. The van der Waals surface area contributed by atoms with E-state index < -0.39 is 0 Å². The fourth-order valence-electron chi connectivity index (χ4n) is 2.19. The zero-order chi connectivity index (χ0) is 15.0. The van der Waals surface area contributed by atoms with Crippen LogP contribution in [0.2, 0.25) is 5.15 Å². The van der Waals surface area contributed by atoms with Gasteiger partial charge < -0.3 is 4.98 Å². The van der Waals surface area contributed by atoms with Crippen LogP contribution in [0.25, 0.3) is 11.2 Å². The normalized spacial score (nSPS) is 10.8. The van der Waals surface area contributed by atoms with Crippen molar-refractivity contribution >= 4 is 34.6 Å². The summed E-state index contributed by atoms with van der Waals surface area (Å²) >= 11 is 6.02. The highest BCUT2D eigenvalue weighted by Crippen LogP contribution is 2.19. The first kappa shape index (κ1) is 13.5. The quantitative estimate of drug-likeness (QED) is 0.713. The first-order valence-corrected chi connectivity index (χ1v) is 6.68. The molecule has 2 heterocycles. The van der Waals surface area contributed by atoms with Crippen molar-refractivity contribution in [2.75, 3.05) is 5.32 Å². The molecule has 0 bridgehead atoms. The van der Waals surface area contributed by atoms with E-state index in [0.717, 1.165) is 11.1 Å². The lowest BCUT2D eigenvalue weighted by atomic mass is 10.0. The SMILES string of the molecule is Cc1cccc(C)c1C(=O)Nc1nc(Cl)c2[nH]cnc2n1. The maximum Gasteiger partial charge on any atom is 0.258 e. The molecule has 6 nitrogen and oxygen atoms in total. The number of anilines is 1. The van der Waals surface area contributed by atoms with Crippen LogP contribution in [0.4, 0.5) is 5.95 Å². The van der Waals surface area contributed by atoms with E-state index in [1.165, 1.54) is 6.33 Å². The van der Waals surface area contributed by atoms with E-state index in [1.54, 1.807) is 0 Å². The molecule has 1 amide bonds. The summed E-state index contributed by atoms with van der Waals surface area (Å²) in [6.45, 7) is 3.76. The first-order chi connectivity index (χ1) is 10.1. The number of nitrogens with zero attached hydrogens (tertiary/aromatic N) is 3. The highest BCUT2D eigenvalue weighted by Gasteiger charge is 2.15. The molecule has 0 saturated carbocycles. The predicted octanol–water partition coefficient (Wildman–Crippen LogP) is 2.88. The zero-order valence-corrected chi connectivity index (χ0v) is 12.2. The van der Waals surface area contributed by atoms with Gasteiger partial charge in [0.15, 0.2) is 10.8 Å². The fourth-order valence-corrected chi connectivity index (χ4v) is 2.41. The van der Waals surface area contributed by atoms with E-state index in [4.69, 9.17) is 11.6 Å². The van der Waals surface area contributed by atoms with Crippen LogP contribution in [0.5, 0.6) is 0 Å². The van der Waals surface area contributed by atoms with E-state index in [0.29, 0.717) is 16.7 Å². The molecule has 2 aromatic heterocycles. The van der Waals surface area contributed by atoms with Gasteiger partial charge >= 0.3 is 0 Å². The van der Waals surface area contributed by atoms with Crippen molar-refractivity contribution in [3.63, 3.8) is 0 Å². The number of amides is 1. The maximum absolute atomic E-state index is 12.4. The number of hydrogen-bond donors (Lipinski definition) is 2. The van der Waals surface area contributed by atoms with Crippen molar-refractivity contribution in [2.45, 2.75) is 13.8 Å². The Morgan fingerprint density at radius 1 is 1.24 bits per heavy atom. The third-order valence-corrected chi connectivity index (χ3v) is 3.45. The smallest absolute Gasteiger partial charge is 0.258 e. The lowest BCUT2D eigenvalue weighted by Gasteiger charge is -2.09. The van der Waals surface area contributed by atoms with Crippen LogP contribution in [-0.2, 0) is 0 Å². The molecule has 1 aromatic carbocycles. The molecule has 7 heteroatoms. The second-order valence-electron chi connectivity index (χ2n) is 4.66. The molecule has 0 aliphatic heterocycles. The molecular weight excluding hydrogens is 290 g/mol. The van der Waals surface area contributed by atoms with Crippen molar-refractivity contribution in [3.8, 4) is 0 Å². The molecular formula is C14H12ClN5O. The summed E-state index contributed by atoms with van der Waals surface area (Å²) in [5.74, 6) is -0.135. The average Bonchev–Trinajstić information content (AvgIpc) is 2.87. The number of rotatable bonds is 2. The third-order valence-electron chi connectivity index (χ3n) is 3.18. The van der Waals surface area contributed by atoms with Crippen LogP contribution in [0.1, 0.15) is 21.5 Å². The molecule has 0 unspecified atom stereocenters. The molecule has 0 spiro atoms. The molecule has 21 heavy (non-hydrogen) atoms. The Hall–Kier alpha value is -2.47. The van der Waals surface area contributed by atoms with Crippen LogP contribution in [-0.4, -0.2) is 25.8 Å². The number of benzene rings is 1. The maximum atomic E-state index is 12.4. The number of aromatic amines is 1. The van der Waals surface area contributed by atoms with E-state index in [9.17, 15) is 4.79 Å². The van der Waals surface area contributed by atoms with Crippen LogP contribution in [0.15, 0.2) is 24.5 Å². The Morgan fingerprint density at radius 3 is 2.67 bits per heavy atom. The molecule has 0 radical (unpaired) electrons. The van der Waals surface area contributed by atoms with Crippen molar-refractivity contribution in [3.05, 3.63) is 46.4 Å². The highest BCUT2D eigenvalue weighted by molar-refractivity contribution is 6.33. The number of nitrogens with one attached hydrogen (secondary N) is 2. The van der Waals surface area contributed by atoms with Gasteiger partial charge in [-0.15, -0.1) is 0 Å². The average molecular weight is 302 g/mol. The van der Waals surface area contributed by atoms with Crippen LogP contribution in [0.3, 0.4) is 0 Å². The summed E-state index contributed by atoms with van der Waals surface area (Å²) in [6, 6.07) is 5.67. The van der Waals surface area contributed by atoms with Gasteiger partial charge in [-0.3, -0.25) is 10.1 Å². The Labute approximate surface area is 125 Å². The van der Waals surface area contributed by atoms with E-state index in [-0.39, 0.29) is 17.0 Å². The highest BCUT2D eigenvalue weighted by atomic mass is 35.5. The Morgan fingerprint density at radius 2 is 1.95 bits per heavy atom. The van der Waals surface area contributed by atoms with Gasteiger partial charge in [0, 0.05) is 5.56 Å². The van der Waals surface area contributed by atoms with Gasteiger partial charge in [0.1, 0.15) is 5.52 Å². The number of imidazole rings is 1. The molecule has 0 atom stereocenters. The van der Waals surface area contributed by atoms with Crippen LogP contribution >= 0.6 is 11.6 Å². The van der Waals surface area contributed by atoms with Crippen molar-refractivity contribution in [1.82, 2.24) is 19.9 Å². The number of carbonyl (C=O) groups excluding carboxylic acids is 1. The molecule has 106 valence electrons. The first-order valence-electron chi connectivity index (χ1n) is 6.30. The molecule has 3 rings (SSSR count). The summed E-state index contributed by atoms with van der Waals surface area (Å²) in [4.78, 5) is 27.4. The topological polar surface area (TPSA) is 83.6 Å². The lowest BCUT2D eigenvalue weighted by Crippen LogP contribution is -2.17.